The summed E-state index contributed by atoms with van der Waals surface area (Å²) in [5.74, 6) is -0.347. The number of rotatable bonds is 5. The zero-order valence-electron chi connectivity index (χ0n) is 13.1. The molecule has 6 heteroatoms. The van der Waals surface area contributed by atoms with Crippen molar-refractivity contribution in [3.05, 3.63) is 75.8 Å². The zero-order valence-corrected chi connectivity index (χ0v) is 14.7. The van der Waals surface area contributed by atoms with Crippen molar-refractivity contribution in [2.45, 2.75) is 13.0 Å². The van der Waals surface area contributed by atoms with Crippen LogP contribution in [0.4, 0.5) is 0 Å². The van der Waals surface area contributed by atoms with Gasteiger partial charge in [-0.15, -0.1) is 11.3 Å². The Balaban J connectivity index is 1.58. The molecular formula is C19H13ClN2O2S. The number of aromatic nitrogens is 1. The van der Waals surface area contributed by atoms with Crippen LogP contribution in [0.2, 0.25) is 5.02 Å². The third-order valence-corrected chi connectivity index (χ3v) is 4.72. The van der Waals surface area contributed by atoms with E-state index in [0.29, 0.717) is 16.3 Å². The fourth-order valence-corrected chi connectivity index (χ4v) is 3.32. The average molecular weight is 369 g/mol. The first-order chi connectivity index (χ1) is 12.2. The second kappa shape index (κ2) is 7.93. The van der Waals surface area contributed by atoms with Crippen molar-refractivity contribution < 1.29 is 9.53 Å². The molecule has 0 atom stereocenters. The quantitative estimate of drug-likeness (QED) is 0.616. The van der Waals surface area contributed by atoms with E-state index in [0.717, 1.165) is 16.1 Å². The summed E-state index contributed by atoms with van der Waals surface area (Å²) in [4.78, 5) is 16.4. The van der Waals surface area contributed by atoms with Crippen molar-refractivity contribution in [1.29, 1.82) is 5.26 Å². The molecule has 3 aromatic rings. The van der Waals surface area contributed by atoms with Crippen LogP contribution in [0.3, 0.4) is 0 Å². The summed E-state index contributed by atoms with van der Waals surface area (Å²) in [6, 6.07) is 16.4. The van der Waals surface area contributed by atoms with Crippen LogP contribution in [0.1, 0.15) is 16.8 Å². The van der Waals surface area contributed by atoms with Gasteiger partial charge in [-0.1, -0.05) is 41.9 Å². The first kappa shape index (κ1) is 17.2. The molecule has 1 heterocycles. The van der Waals surface area contributed by atoms with Gasteiger partial charge in [-0.2, -0.15) is 5.26 Å². The number of carbonyl (C=O) groups is 1. The average Bonchev–Trinajstić information content (AvgIpc) is 3.09. The van der Waals surface area contributed by atoms with Gasteiger partial charge >= 0.3 is 5.97 Å². The van der Waals surface area contributed by atoms with Gasteiger partial charge in [0, 0.05) is 10.9 Å². The molecule has 25 heavy (non-hydrogen) atoms. The maximum absolute atomic E-state index is 12.0. The Hall–Kier alpha value is -2.68. The minimum Gasteiger partial charge on any atom is -0.461 e. The lowest BCUT2D eigenvalue weighted by molar-refractivity contribution is -0.144. The van der Waals surface area contributed by atoms with Gasteiger partial charge in [-0.3, -0.25) is 4.79 Å². The molecule has 0 saturated carbocycles. The minimum absolute atomic E-state index is 0.108. The van der Waals surface area contributed by atoms with E-state index in [1.807, 2.05) is 35.7 Å². The van der Waals surface area contributed by atoms with Crippen molar-refractivity contribution in [2.75, 3.05) is 0 Å². The maximum atomic E-state index is 12.0. The molecule has 0 saturated heterocycles. The van der Waals surface area contributed by atoms with Gasteiger partial charge in [0.05, 0.1) is 28.8 Å². The van der Waals surface area contributed by atoms with E-state index in [-0.39, 0.29) is 19.0 Å². The summed E-state index contributed by atoms with van der Waals surface area (Å²) in [7, 11) is 0. The molecule has 0 radical (unpaired) electrons. The van der Waals surface area contributed by atoms with Gasteiger partial charge in [0.1, 0.15) is 11.6 Å². The monoisotopic (exact) mass is 368 g/mol. The molecule has 2 aromatic carbocycles. The number of carbonyl (C=O) groups excluding carboxylic acids is 1. The number of ether oxygens (including phenoxy) is 1. The molecule has 0 aliphatic carbocycles. The second-order valence-corrected chi connectivity index (χ2v) is 6.54. The highest BCUT2D eigenvalue weighted by Crippen LogP contribution is 2.30. The van der Waals surface area contributed by atoms with Crippen LogP contribution in [0.15, 0.2) is 53.9 Å². The predicted molar refractivity (Wildman–Crippen MR) is 97.2 cm³/mol. The normalized spacial score (nSPS) is 10.2. The topological polar surface area (TPSA) is 63.0 Å². The predicted octanol–water partition coefficient (Wildman–Crippen LogP) is 4.62. The SMILES string of the molecule is N#Cc1ccc(COC(=O)Cc2csc(-c3ccccc3Cl)n2)cc1. The van der Waals surface area contributed by atoms with E-state index in [1.165, 1.54) is 11.3 Å². The molecule has 4 nitrogen and oxygen atoms in total. The van der Waals surface area contributed by atoms with Crippen LogP contribution >= 0.6 is 22.9 Å². The van der Waals surface area contributed by atoms with Gasteiger partial charge in [0.2, 0.25) is 0 Å². The molecule has 0 amide bonds. The summed E-state index contributed by atoms with van der Waals surface area (Å²) >= 11 is 7.61. The second-order valence-electron chi connectivity index (χ2n) is 5.27. The number of halogens is 1. The number of thiazole rings is 1. The molecule has 0 aliphatic rings. The Morgan fingerprint density at radius 2 is 1.96 bits per heavy atom. The number of nitriles is 1. The Kier molecular flexibility index (Phi) is 5.44. The molecule has 0 N–H and O–H groups in total. The first-order valence-electron chi connectivity index (χ1n) is 7.49. The molecule has 0 spiro atoms. The maximum Gasteiger partial charge on any atom is 0.312 e. The van der Waals surface area contributed by atoms with Crippen LogP contribution in [0, 0.1) is 11.3 Å². The minimum atomic E-state index is -0.347. The van der Waals surface area contributed by atoms with Gasteiger partial charge in [0.15, 0.2) is 0 Å². The number of benzene rings is 2. The summed E-state index contributed by atoms with van der Waals surface area (Å²) < 4.78 is 5.26. The Bertz CT molecular complexity index is 929. The largest absolute Gasteiger partial charge is 0.461 e. The van der Waals surface area contributed by atoms with Gasteiger partial charge in [-0.25, -0.2) is 4.98 Å². The molecular weight excluding hydrogens is 356 g/mol. The standard InChI is InChI=1S/C19H13ClN2O2S/c20-17-4-2-1-3-16(17)19-22-15(12-25-19)9-18(23)24-11-14-7-5-13(10-21)6-8-14/h1-8,12H,9,11H2. The Morgan fingerprint density at radius 1 is 1.20 bits per heavy atom. The third kappa shape index (κ3) is 4.44. The van der Waals surface area contributed by atoms with Crippen molar-refractivity contribution in [2.24, 2.45) is 0 Å². The molecule has 1 aromatic heterocycles. The lowest BCUT2D eigenvalue weighted by atomic mass is 10.2. The summed E-state index contributed by atoms with van der Waals surface area (Å²) in [5.41, 5.74) is 2.92. The van der Waals surface area contributed by atoms with Gasteiger partial charge < -0.3 is 4.74 Å². The van der Waals surface area contributed by atoms with Crippen LogP contribution in [0.25, 0.3) is 10.6 Å². The summed E-state index contributed by atoms with van der Waals surface area (Å²) in [6.07, 6.45) is 0.108. The molecule has 0 aliphatic heterocycles. The fraction of sp³-hybridized carbons (Fsp3) is 0.105. The van der Waals surface area contributed by atoms with E-state index in [4.69, 9.17) is 21.6 Å². The van der Waals surface area contributed by atoms with Crippen molar-refractivity contribution in [3.8, 4) is 16.6 Å². The number of hydrogen-bond acceptors (Lipinski definition) is 5. The zero-order chi connectivity index (χ0) is 17.6. The van der Waals surface area contributed by atoms with Crippen LogP contribution in [-0.2, 0) is 22.6 Å². The van der Waals surface area contributed by atoms with Crippen LogP contribution in [0.5, 0.6) is 0 Å². The molecule has 0 bridgehead atoms. The molecule has 0 unspecified atom stereocenters. The molecule has 0 fully saturated rings. The number of hydrogen-bond donors (Lipinski definition) is 0. The fourth-order valence-electron chi connectivity index (χ4n) is 2.18. The van der Waals surface area contributed by atoms with E-state index < -0.39 is 0 Å². The third-order valence-electron chi connectivity index (χ3n) is 3.46. The number of esters is 1. The lowest BCUT2D eigenvalue weighted by Crippen LogP contribution is -2.08. The van der Waals surface area contributed by atoms with Crippen molar-refractivity contribution in [1.82, 2.24) is 4.98 Å². The Morgan fingerprint density at radius 3 is 2.68 bits per heavy atom. The van der Waals surface area contributed by atoms with E-state index in [1.54, 1.807) is 24.3 Å². The van der Waals surface area contributed by atoms with E-state index >= 15 is 0 Å². The molecule has 124 valence electrons. The van der Waals surface area contributed by atoms with E-state index in [2.05, 4.69) is 4.98 Å². The highest BCUT2D eigenvalue weighted by molar-refractivity contribution is 7.13. The van der Waals surface area contributed by atoms with Crippen molar-refractivity contribution >= 4 is 28.9 Å². The van der Waals surface area contributed by atoms with Crippen LogP contribution < -0.4 is 0 Å². The van der Waals surface area contributed by atoms with Gasteiger partial charge in [0.25, 0.3) is 0 Å². The summed E-state index contributed by atoms with van der Waals surface area (Å²) in [5, 5.41) is 12.0. The highest BCUT2D eigenvalue weighted by Gasteiger charge is 2.12. The van der Waals surface area contributed by atoms with Crippen LogP contribution in [-0.4, -0.2) is 11.0 Å². The Labute approximate surface area is 154 Å². The summed E-state index contributed by atoms with van der Waals surface area (Å²) in [6.45, 7) is 0.173. The smallest absolute Gasteiger partial charge is 0.312 e. The van der Waals surface area contributed by atoms with Crippen molar-refractivity contribution in [3.63, 3.8) is 0 Å². The van der Waals surface area contributed by atoms with E-state index in [9.17, 15) is 4.79 Å². The lowest BCUT2D eigenvalue weighted by Gasteiger charge is -2.04. The molecule has 3 rings (SSSR count). The number of nitrogens with zero attached hydrogens (tertiary/aromatic N) is 2. The van der Waals surface area contributed by atoms with Gasteiger partial charge in [-0.05, 0) is 23.8 Å². The highest BCUT2D eigenvalue weighted by atomic mass is 35.5. The first-order valence-corrected chi connectivity index (χ1v) is 8.75.